The van der Waals surface area contributed by atoms with E-state index >= 15 is 0 Å². The van der Waals surface area contributed by atoms with Crippen molar-refractivity contribution in [1.29, 1.82) is 0 Å². The van der Waals surface area contributed by atoms with E-state index in [9.17, 15) is 4.79 Å². The first-order chi connectivity index (χ1) is 10.1. The smallest absolute Gasteiger partial charge is 0.225 e. The van der Waals surface area contributed by atoms with Gasteiger partial charge in [0, 0.05) is 19.1 Å². The number of amides is 1. The number of nitrogens with zero attached hydrogens (tertiary/aromatic N) is 1. The van der Waals surface area contributed by atoms with E-state index in [1.165, 1.54) is 5.56 Å². The quantitative estimate of drug-likeness (QED) is 0.838. The number of carbonyl (C=O) groups is 1. The van der Waals surface area contributed by atoms with Gasteiger partial charge in [-0.3, -0.25) is 4.79 Å². The van der Waals surface area contributed by atoms with Gasteiger partial charge in [0.2, 0.25) is 5.91 Å². The van der Waals surface area contributed by atoms with Crippen LogP contribution in [0.25, 0.3) is 0 Å². The molecular weight excluding hydrogens is 368 g/mol. The summed E-state index contributed by atoms with van der Waals surface area (Å²) >= 11 is 3.48. The predicted molar refractivity (Wildman–Crippen MR) is 94.9 cm³/mol. The van der Waals surface area contributed by atoms with Crippen molar-refractivity contribution in [2.75, 3.05) is 26.7 Å². The van der Waals surface area contributed by atoms with Gasteiger partial charge in [-0.05, 0) is 60.4 Å². The van der Waals surface area contributed by atoms with E-state index < -0.39 is 0 Å². The zero-order valence-electron chi connectivity index (χ0n) is 13.1. The Labute approximate surface area is 147 Å². The van der Waals surface area contributed by atoms with Crippen LogP contribution in [-0.4, -0.2) is 43.6 Å². The summed E-state index contributed by atoms with van der Waals surface area (Å²) in [6, 6.07) is 6.50. The fourth-order valence-electron chi connectivity index (χ4n) is 2.55. The third-order valence-corrected chi connectivity index (χ3v) is 4.54. The maximum atomic E-state index is 12.1. The number of hydrogen-bond acceptors (Lipinski definition) is 3. The Kier molecular flexibility index (Phi) is 8.21. The lowest BCUT2D eigenvalue weighted by Crippen LogP contribution is -2.44. The molecule has 4 nitrogen and oxygen atoms in total. The summed E-state index contributed by atoms with van der Waals surface area (Å²) in [5, 5.41) is 3.27. The molecule has 0 aliphatic carbocycles. The van der Waals surface area contributed by atoms with Gasteiger partial charge in [0.1, 0.15) is 5.75 Å². The molecule has 1 saturated heterocycles. The molecule has 0 saturated carbocycles. The molecule has 1 fully saturated rings. The van der Waals surface area contributed by atoms with E-state index in [1.807, 2.05) is 37.1 Å². The number of benzene rings is 1. The van der Waals surface area contributed by atoms with Gasteiger partial charge in [-0.1, -0.05) is 6.07 Å². The first-order valence-electron chi connectivity index (χ1n) is 7.44. The maximum Gasteiger partial charge on any atom is 0.225 e. The summed E-state index contributed by atoms with van der Waals surface area (Å²) < 4.78 is 6.62. The number of nitrogens with one attached hydrogen (secondary N) is 1. The van der Waals surface area contributed by atoms with Crippen molar-refractivity contribution in [3.8, 4) is 5.75 Å². The summed E-state index contributed by atoms with van der Waals surface area (Å²) in [6.45, 7) is 4.15. The van der Waals surface area contributed by atoms with Crippen LogP contribution in [-0.2, 0) is 4.79 Å². The van der Waals surface area contributed by atoms with E-state index in [2.05, 4.69) is 21.2 Å². The molecule has 0 aromatic heterocycles. The lowest BCUT2D eigenvalue weighted by atomic mass is 10.1. The van der Waals surface area contributed by atoms with E-state index in [0.717, 1.165) is 36.2 Å². The SMILES string of the molecule is CNC1CCN(C(=O)CCOc2ccc(C)cc2Br)CC1.Cl. The Morgan fingerprint density at radius 1 is 1.41 bits per heavy atom. The molecule has 1 aromatic rings. The highest BCUT2D eigenvalue weighted by Crippen LogP contribution is 2.25. The molecule has 6 heteroatoms. The molecule has 1 aliphatic rings. The topological polar surface area (TPSA) is 41.6 Å². The minimum atomic E-state index is 0. The van der Waals surface area contributed by atoms with Crippen molar-refractivity contribution in [2.45, 2.75) is 32.2 Å². The third kappa shape index (κ3) is 5.45. The average molecular weight is 392 g/mol. The van der Waals surface area contributed by atoms with Gasteiger partial charge in [-0.15, -0.1) is 12.4 Å². The number of halogens is 2. The second-order valence-corrected chi connectivity index (χ2v) is 6.33. The largest absolute Gasteiger partial charge is 0.492 e. The maximum absolute atomic E-state index is 12.1. The van der Waals surface area contributed by atoms with Crippen molar-refractivity contribution in [3.05, 3.63) is 28.2 Å². The highest BCUT2D eigenvalue weighted by Gasteiger charge is 2.21. The lowest BCUT2D eigenvalue weighted by molar-refractivity contribution is -0.132. The number of ether oxygens (including phenoxy) is 1. The zero-order valence-corrected chi connectivity index (χ0v) is 15.5. The van der Waals surface area contributed by atoms with Gasteiger partial charge in [0.25, 0.3) is 0 Å². The molecule has 1 heterocycles. The standard InChI is InChI=1S/C16H23BrN2O2.ClH/c1-12-3-4-15(14(17)11-12)21-10-7-16(20)19-8-5-13(18-2)6-9-19;/h3-4,11,13,18H,5-10H2,1-2H3;1H. The number of rotatable bonds is 5. The van der Waals surface area contributed by atoms with Crippen molar-refractivity contribution in [1.82, 2.24) is 10.2 Å². The summed E-state index contributed by atoms with van der Waals surface area (Å²) in [4.78, 5) is 14.1. The van der Waals surface area contributed by atoms with Crippen molar-refractivity contribution < 1.29 is 9.53 Å². The molecule has 1 aromatic carbocycles. The predicted octanol–water partition coefficient (Wildman–Crippen LogP) is 3.16. The van der Waals surface area contributed by atoms with E-state index in [0.29, 0.717) is 19.1 Å². The van der Waals surface area contributed by atoms with Crippen LogP contribution >= 0.6 is 28.3 Å². The first kappa shape index (κ1) is 19.3. The lowest BCUT2D eigenvalue weighted by Gasteiger charge is -2.31. The highest BCUT2D eigenvalue weighted by molar-refractivity contribution is 9.10. The van der Waals surface area contributed by atoms with Crippen LogP contribution < -0.4 is 10.1 Å². The Morgan fingerprint density at radius 3 is 2.68 bits per heavy atom. The normalized spacial score (nSPS) is 15.3. The van der Waals surface area contributed by atoms with Crippen LogP contribution in [0.15, 0.2) is 22.7 Å². The molecule has 2 rings (SSSR count). The van der Waals surface area contributed by atoms with Crippen LogP contribution in [0.3, 0.4) is 0 Å². The second-order valence-electron chi connectivity index (χ2n) is 5.48. The van der Waals surface area contributed by atoms with E-state index in [1.54, 1.807) is 0 Å². The molecule has 22 heavy (non-hydrogen) atoms. The minimum Gasteiger partial charge on any atom is -0.492 e. The zero-order chi connectivity index (χ0) is 15.2. The van der Waals surface area contributed by atoms with E-state index in [4.69, 9.17) is 4.74 Å². The van der Waals surface area contributed by atoms with Crippen molar-refractivity contribution >= 4 is 34.2 Å². The number of piperidine rings is 1. The molecule has 0 unspecified atom stereocenters. The van der Waals surface area contributed by atoms with E-state index in [-0.39, 0.29) is 18.3 Å². The molecule has 1 amide bonds. The van der Waals surface area contributed by atoms with Gasteiger partial charge in [-0.2, -0.15) is 0 Å². The Morgan fingerprint density at radius 2 is 2.09 bits per heavy atom. The van der Waals surface area contributed by atoms with Gasteiger partial charge in [-0.25, -0.2) is 0 Å². The first-order valence-corrected chi connectivity index (χ1v) is 8.23. The fourth-order valence-corrected chi connectivity index (χ4v) is 3.15. The number of aryl methyl sites for hydroxylation is 1. The van der Waals surface area contributed by atoms with Gasteiger partial charge in [0.05, 0.1) is 17.5 Å². The molecule has 0 radical (unpaired) electrons. The number of likely N-dealkylation sites (tertiary alicyclic amines) is 1. The van der Waals surface area contributed by atoms with Crippen LogP contribution in [0.2, 0.25) is 0 Å². The minimum absolute atomic E-state index is 0. The highest BCUT2D eigenvalue weighted by atomic mass is 79.9. The molecule has 1 N–H and O–H groups in total. The molecule has 124 valence electrons. The monoisotopic (exact) mass is 390 g/mol. The summed E-state index contributed by atoms with van der Waals surface area (Å²) in [5.74, 6) is 0.982. The molecule has 1 aliphatic heterocycles. The molecule has 0 atom stereocenters. The van der Waals surface area contributed by atoms with Gasteiger partial charge in [0.15, 0.2) is 0 Å². The Balaban J connectivity index is 0.00000242. The fraction of sp³-hybridized carbons (Fsp3) is 0.562. The van der Waals surface area contributed by atoms with Gasteiger partial charge >= 0.3 is 0 Å². The van der Waals surface area contributed by atoms with Crippen molar-refractivity contribution in [3.63, 3.8) is 0 Å². The van der Waals surface area contributed by atoms with Gasteiger partial charge < -0.3 is 15.0 Å². The van der Waals surface area contributed by atoms with Crippen LogP contribution in [0.4, 0.5) is 0 Å². The number of carbonyl (C=O) groups excluding carboxylic acids is 1. The van der Waals surface area contributed by atoms with Crippen LogP contribution in [0, 0.1) is 6.92 Å². The summed E-state index contributed by atoms with van der Waals surface area (Å²) in [7, 11) is 1.98. The van der Waals surface area contributed by atoms with Crippen LogP contribution in [0.5, 0.6) is 5.75 Å². The van der Waals surface area contributed by atoms with Crippen LogP contribution in [0.1, 0.15) is 24.8 Å². The summed E-state index contributed by atoms with van der Waals surface area (Å²) in [5.41, 5.74) is 1.18. The number of hydrogen-bond donors (Lipinski definition) is 1. The van der Waals surface area contributed by atoms with Crippen molar-refractivity contribution in [2.24, 2.45) is 0 Å². The average Bonchev–Trinajstić information content (AvgIpc) is 2.49. The molecule has 0 spiro atoms. The second kappa shape index (κ2) is 9.38. The molecular formula is C16H24BrClN2O2. The Hall–Kier alpha value is -0.780. The third-order valence-electron chi connectivity index (χ3n) is 3.92. The summed E-state index contributed by atoms with van der Waals surface area (Å²) in [6.07, 6.45) is 2.50. The Bertz CT molecular complexity index is 491. The molecule has 0 bridgehead atoms.